The molecular formula is C20H29NO4. The normalized spacial score (nSPS) is 26.3. The molecule has 2 fully saturated rings. The van der Waals surface area contributed by atoms with Gasteiger partial charge in [-0.2, -0.15) is 0 Å². The summed E-state index contributed by atoms with van der Waals surface area (Å²) >= 11 is 0. The number of aliphatic hydroxyl groups excluding tert-OH is 1. The Morgan fingerprint density at radius 1 is 1.28 bits per heavy atom. The van der Waals surface area contributed by atoms with Gasteiger partial charge in [0.25, 0.3) is 0 Å². The van der Waals surface area contributed by atoms with Crippen LogP contribution in [-0.4, -0.2) is 55.9 Å². The van der Waals surface area contributed by atoms with Crippen LogP contribution in [0.4, 0.5) is 0 Å². The maximum Gasteiger partial charge on any atom is 0.233 e. The van der Waals surface area contributed by atoms with E-state index in [1.54, 1.807) is 7.11 Å². The smallest absolute Gasteiger partial charge is 0.233 e. The van der Waals surface area contributed by atoms with Crippen molar-refractivity contribution in [3.8, 4) is 5.75 Å². The summed E-state index contributed by atoms with van der Waals surface area (Å²) in [6.45, 7) is 4.15. The molecule has 1 aromatic rings. The Labute approximate surface area is 149 Å². The Hall–Kier alpha value is -1.59. The van der Waals surface area contributed by atoms with E-state index in [4.69, 9.17) is 9.47 Å². The Bertz CT molecular complexity index is 594. The van der Waals surface area contributed by atoms with Crippen molar-refractivity contribution in [3.63, 3.8) is 0 Å². The van der Waals surface area contributed by atoms with Crippen molar-refractivity contribution in [2.45, 2.75) is 38.0 Å². The molecule has 138 valence electrons. The maximum atomic E-state index is 13.6. The van der Waals surface area contributed by atoms with E-state index in [0.717, 1.165) is 37.0 Å². The molecule has 1 heterocycles. The molecule has 0 radical (unpaired) electrons. The number of hydrogen-bond donors (Lipinski definition) is 1. The number of aliphatic hydroxyl groups is 1. The SMILES string of the molecule is COc1ccc(C2(C(=O)N3CCOCC(C)(CO)C3)CCCC2)cc1. The number of carbonyl (C=O) groups is 1. The molecule has 1 N–H and O–H groups in total. The van der Waals surface area contributed by atoms with Gasteiger partial charge in [-0.05, 0) is 30.5 Å². The molecule has 1 saturated heterocycles. The van der Waals surface area contributed by atoms with Crippen molar-refractivity contribution in [1.29, 1.82) is 0 Å². The summed E-state index contributed by atoms with van der Waals surface area (Å²) < 4.78 is 10.9. The van der Waals surface area contributed by atoms with Crippen LogP contribution in [-0.2, 0) is 14.9 Å². The van der Waals surface area contributed by atoms with Crippen molar-refractivity contribution in [2.75, 3.05) is 40.0 Å². The van der Waals surface area contributed by atoms with Crippen LogP contribution in [0.25, 0.3) is 0 Å². The number of carbonyl (C=O) groups excluding carboxylic acids is 1. The number of nitrogens with zero attached hydrogens (tertiary/aromatic N) is 1. The molecule has 0 aromatic heterocycles. The number of ether oxygens (including phenoxy) is 2. The fraction of sp³-hybridized carbons (Fsp3) is 0.650. The first-order chi connectivity index (χ1) is 12.0. The second-order valence-corrected chi connectivity index (χ2v) is 7.77. The number of hydrogen-bond acceptors (Lipinski definition) is 4. The first-order valence-corrected chi connectivity index (χ1v) is 9.16. The van der Waals surface area contributed by atoms with Gasteiger partial charge in [-0.15, -0.1) is 0 Å². The molecule has 5 heteroatoms. The second kappa shape index (κ2) is 7.34. The van der Waals surface area contributed by atoms with Crippen molar-refractivity contribution in [2.24, 2.45) is 5.41 Å². The third-order valence-corrected chi connectivity index (χ3v) is 5.71. The van der Waals surface area contributed by atoms with E-state index in [2.05, 4.69) is 0 Å². The average Bonchev–Trinajstić information content (AvgIpc) is 3.06. The van der Waals surface area contributed by atoms with E-state index in [1.165, 1.54) is 0 Å². The molecule has 5 nitrogen and oxygen atoms in total. The number of benzene rings is 1. The maximum absolute atomic E-state index is 13.6. The fourth-order valence-electron chi connectivity index (χ4n) is 4.17. The van der Waals surface area contributed by atoms with Crippen LogP contribution in [0.1, 0.15) is 38.2 Å². The molecule has 0 spiro atoms. The van der Waals surface area contributed by atoms with Gasteiger partial charge in [0.1, 0.15) is 5.75 Å². The van der Waals surface area contributed by atoms with E-state index in [9.17, 15) is 9.90 Å². The molecule has 1 aromatic carbocycles. The van der Waals surface area contributed by atoms with Crippen LogP contribution in [0.2, 0.25) is 0 Å². The molecule has 0 bridgehead atoms. The zero-order valence-electron chi connectivity index (χ0n) is 15.3. The van der Waals surface area contributed by atoms with Gasteiger partial charge in [-0.25, -0.2) is 0 Å². The second-order valence-electron chi connectivity index (χ2n) is 7.77. The number of methoxy groups -OCH3 is 1. The van der Waals surface area contributed by atoms with Gasteiger partial charge in [0, 0.05) is 18.5 Å². The highest BCUT2D eigenvalue weighted by Gasteiger charge is 2.46. The van der Waals surface area contributed by atoms with Crippen LogP contribution < -0.4 is 4.74 Å². The molecule has 1 saturated carbocycles. The third-order valence-electron chi connectivity index (χ3n) is 5.71. The highest BCUT2D eigenvalue weighted by atomic mass is 16.5. The largest absolute Gasteiger partial charge is 0.497 e. The first-order valence-electron chi connectivity index (χ1n) is 9.16. The van der Waals surface area contributed by atoms with Crippen LogP contribution in [0, 0.1) is 5.41 Å². The van der Waals surface area contributed by atoms with Gasteiger partial charge in [0.05, 0.1) is 32.3 Å². The van der Waals surface area contributed by atoms with Gasteiger partial charge in [-0.1, -0.05) is 31.9 Å². The van der Waals surface area contributed by atoms with E-state index >= 15 is 0 Å². The first kappa shape index (κ1) is 18.2. The van der Waals surface area contributed by atoms with Crippen molar-refractivity contribution >= 4 is 5.91 Å². The minimum Gasteiger partial charge on any atom is -0.497 e. The topological polar surface area (TPSA) is 59.0 Å². The van der Waals surface area contributed by atoms with Gasteiger partial charge in [0.15, 0.2) is 0 Å². The fourth-order valence-corrected chi connectivity index (χ4v) is 4.17. The predicted octanol–water partition coefficient (Wildman–Crippen LogP) is 2.36. The summed E-state index contributed by atoms with van der Waals surface area (Å²) in [6, 6.07) is 7.93. The summed E-state index contributed by atoms with van der Waals surface area (Å²) in [4.78, 5) is 15.5. The molecule has 2 aliphatic rings. The lowest BCUT2D eigenvalue weighted by atomic mass is 9.77. The zero-order chi connectivity index (χ0) is 17.9. The summed E-state index contributed by atoms with van der Waals surface area (Å²) in [5.41, 5.74) is 0.227. The summed E-state index contributed by atoms with van der Waals surface area (Å²) in [5.74, 6) is 0.987. The lowest BCUT2D eigenvalue weighted by Gasteiger charge is -2.37. The van der Waals surface area contributed by atoms with Gasteiger partial charge < -0.3 is 19.5 Å². The highest BCUT2D eigenvalue weighted by Crippen LogP contribution is 2.43. The third kappa shape index (κ3) is 3.53. The lowest BCUT2D eigenvalue weighted by Crippen LogP contribution is -2.50. The van der Waals surface area contributed by atoms with Crippen molar-refractivity contribution < 1.29 is 19.4 Å². The Morgan fingerprint density at radius 2 is 1.96 bits per heavy atom. The van der Waals surface area contributed by atoms with E-state index in [1.807, 2.05) is 36.1 Å². The summed E-state index contributed by atoms with van der Waals surface area (Å²) in [7, 11) is 1.65. The minimum atomic E-state index is -0.451. The molecule has 3 rings (SSSR count). The summed E-state index contributed by atoms with van der Waals surface area (Å²) in [6.07, 6.45) is 3.90. The molecule has 1 amide bonds. The van der Waals surface area contributed by atoms with Gasteiger partial charge in [0.2, 0.25) is 5.91 Å². The molecular weight excluding hydrogens is 318 g/mol. The predicted molar refractivity (Wildman–Crippen MR) is 95.7 cm³/mol. The van der Waals surface area contributed by atoms with E-state index < -0.39 is 10.8 Å². The van der Waals surface area contributed by atoms with Crippen LogP contribution >= 0.6 is 0 Å². The van der Waals surface area contributed by atoms with Crippen LogP contribution in [0.5, 0.6) is 5.75 Å². The Balaban J connectivity index is 1.89. The highest BCUT2D eigenvalue weighted by molar-refractivity contribution is 5.88. The van der Waals surface area contributed by atoms with Crippen LogP contribution in [0.3, 0.4) is 0 Å². The molecule has 1 unspecified atom stereocenters. The Morgan fingerprint density at radius 3 is 2.56 bits per heavy atom. The Kier molecular flexibility index (Phi) is 5.35. The number of amides is 1. The monoisotopic (exact) mass is 347 g/mol. The molecule has 1 aliphatic heterocycles. The molecule has 1 aliphatic carbocycles. The summed E-state index contributed by atoms with van der Waals surface area (Å²) in [5, 5.41) is 9.75. The van der Waals surface area contributed by atoms with Gasteiger partial charge in [-0.3, -0.25) is 4.79 Å². The van der Waals surface area contributed by atoms with Gasteiger partial charge >= 0.3 is 0 Å². The lowest BCUT2D eigenvalue weighted by molar-refractivity contribution is -0.138. The standard InChI is InChI=1S/C20H29NO4/c1-19(14-22)13-21(11-12-25-15-19)18(23)20(9-3-4-10-20)16-5-7-17(24-2)8-6-16/h5-8,22H,3-4,9-15H2,1-2H3. The number of rotatable bonds is 4. The quantitative estimate of drug-likeness (QED) is 0.908. The zero-order valence-corrected chi connectivity index (χ0v) is 15.3. The molecule has 25 heavy (non-hydrogen) atoms. The minimum absolute atomic E-state index is 0.0202. The van der Waals surface area contributed by atoms with Crippen LogP contribution in [0.15, 0.2) is 24.3 Å². The van der Waals surface area contributed by atoms with Crippen molar-refractivity contribution in [3.05, 3.63) is 29.8 Å². The van der Waals surface area contributed by atoms with E-state index in [0.29, 0.717) is 26.3 Å². The molecule has 1 atom stereocenters. The van der Waals surface area contributed by atoms with Crippen molar-refractivity contribution in [1.82, 2.24) is 4.90 Å². The van der Waals surface area contributed by atoms with E-state index in [-0.39, 0.29) is 12.5 Å². The average molecular weight is 347 g/mol.